The molecule has 1 amide bonds. The van der Waals surface area contributed by atoms with Gasteiger partial charge in [-0.2, -0.15) is 0 Å². The van der Waals surface area contributed by atoms with E-state index in [2.05, 4.69) is 0 Å². The third-order valence-corrected chi connectivity index (χ3v) is 2.70. The van der Waals surface area contributed by atoms with Crippen molar-refractivity contribution in [3.05, 3.63) is 35.6 Å². The number of halogens is 1. The van der Waals surface area contributed by atoms with Crippen LogP contribution in [-0.4, -0.2) is 35.6 Å². The van der Waals surface area contributed by atoms with Crippen molar-refractivity contribution in [3.63, 3.8) is 0 Å². The van der Waals surface area contributed by atoms with Crippen LogP contribution in [0.1, 0.15) is 11.5 Å². The monoisotopic (exact) mass is 209 g/mol. The van der Waals surface area contributed by atoms with Crippen molar-refractivity contribution in [3.8, 4) is 0 Å². The van der Waals surface area contributed by atoms with Crippen molar-refractivity contribution in [2.24, 2.45) is 0 Å². The van der Waals surface area contributed by atoms with Gasteiger partial charge < -0.3 is 10.0 Å². The minimum Gasteiger partial charge on any atom is -0.390 e. The molecule has 80 valence electrons. The van der Waals surface area contributed by atoms with E-state index >= 15 is 0 Å². The third-order valence-electron chi connectivity index (χ3n) is 2.70. The molecule has 3 nitrogen and oxygen atoms in total. The van der Waals surface area contributed by atoms with Gasteiger partial charge in [0.2, 0.25) is 5.91 Å². The van der Waals surface area contributed by atoms with E-state index in [-0.39, 0.29) is 11.7 Å². The molecule has 0 spiro atoms. The Morgan fingerprint density at radius 1 is 1.53 bits per heavy atom. The van der Waals surface area contributed by atoms with Gasteiger partial charge in [-0.3, -0.25) is 4.79 Å². The molecule has 0 saturated carbocycles. The SMILES string of the molecule is CN1CC(O)C(c2cccc(F)c2)C1=O. The standard InChI is InChI=1S/C11H12FNO2/c1-13-6-9(14)10(11(13)15)7-3-2-4-8(12)5-7/h2-5,9-10,14H,6H2,1H3. The molecule has 0 aliphatic carbocycles. The van der Waals surface area contributed by atoms with Crippen LogP contribution in [0.15, 0.2) is 24.3 Å². The van der Waals surface area contributed by atoms with Crippen molar-refractivity contribution in [1.82, 2.24) is 4.90 Å². The van der Waals surface area contributed by atoms with E-state index < -0.39 is 12.0 Å². The fourth-order valence-electron chi connectivity index (χ4n) is 1.94. The van der Waals surface area contributed by atoms with Gasteiger partial charge in [0, 0.05) is 13.6 Å². The lowest BCUT2D eigenvalue weighted by molar-refractivity contribution is -0.128. The van der Waals surface area contributed by atoms with E-state index in [9.17, 15) is 14.3 Å². The highest BCUT2D eigenvalue weighted by atomic mass is 19.1. The maximum atomic E-state index is 13.0. The van der Waals surface area contributed by atoms with Gasteiger partial charge in [0.05, 0.1) is 12.0 Å². The fourth-order valence-corrected chi connectivity index (χ4v) is 1.94. The van der Waals surface area contributed by atoms with Crippen LogP contribution < -0.4 is 0 Å². The van der Waals surface area contributed by atoms with Gasteiger partial charge in [0.15, 0.2) is 0 Å². The van der Waals surface area contributed by atoms with Crippen LogP contribution in [0.5, 0.6) is 0 Å². The molecule has 1 aromatic rings. The third kappa shape index (κ3) is 1.72. The summed E-state index contributed by atoms with van der Waals surface area (Å²) in [6, 6.07) is 5.82. The number of amides is 1. The van der Waals surface area contributed by atoms with E-state index in [1.807, 2.05) is 0 Å². The lowest BCUT2D eigenvalue weighted by Gasteiger charge is -2.11. The first-order valence-electron chi connectivity index (χ1n) is 4.78. The van der Waals surface area contributed by atoms with Gasteiger partial charge in [-0.05, 0) is 17.7 Å². The van der Waals surface area contributed by atoms with Crippen LogP contribution in [0.2, 0.25) is 0 Å². The molecule has 0 radical (unpaired) electrons. The second-order valence-corrected chi connectivity index (χ2v) is 3.82. The lowest BCUT2D eigenvalue weighted by atomic mass is 9.95. The van der Waals surface area contributed by atoms with E-state index in [1.54, 1.807) is 19.2 Å². The summed E-state index contributed by atoms with van der Waals surface area (Å²) in [4.78, 5) is 13.1. The highest BCUT2D eigenvalue weighted by Gasteiger charge is 2.38. The molecule has 2 rings (SSSR count). The van der Waals surface area contributed by atoms with Crippen LogP contribution in [0, 0.1) is 5.82 Å². The molecule has 1 aliphatic rings. The van der Waals surface area contributed by atoms with Crippen molar-refractivity contribution < 1.29 is 14.3 Å². The highest BCUT2D eigenvalue weighted by molar-refractivity contribution is 5.86. The van der Waals surface area contributed by atoms with E-state index in [1.165, 1.54) is 17.0 Å². The molecule has 0 aromatic heterocycles. The number of β-amino-alcohol motifs (C(OH)–C–C–N with tert-alkyl or cyclic N) is 1. The summed E-state index contributed by atoms with van der Waals surface area (Å²) in [6.45, 7) is 0.306. The Bertz CT molecular complexity index is 394. The molecule has 1 heterocycles. The summed E-state index contributed by atoms with van der Waals surface area (Å²) in [5, 5.41) is 9.69. The molecular weight excluding hydrogens is 197 g/mol. The highest BCUT2D eigenvalue weighted by Crippen LogP contribution is 2.28. The van der Waals surface area contributed by atoms with Crippen LogP contribution in [-0.2, 0) is 4.79 Å². The maximum Gasteiger partial charge on any atom is 0.232 e. The number of hydrogen-bond donors (Lipinski definition) is 1. The van der Waals surface area contributed by atoms with Crippen LogP contribution >= 0.6 is 0 Å². The van der Waals surface area contributed by atoms with Crippen molar-refractivity contribution in [2.75, 3.05) is 13.6 Å². The zero-order valence-electron chi connectivity index (χ0n) is 8.35. The second-order valence-electron chi connectivity index (χ2n) is 3.82. The number of likely N-dealkylation sites (N-methyl/N-ethyl adjacent to an activating group) is 1. The van der Waals surface area contributed by atoms with Crippen LogP contribution in [0.25, 0.3) is 0 Å². The maximum absolute atomic E-state index is 13.0. The number of likely N-dealkylation sites (tertiary alicyclic amines) is 1. The number of benzene rings is 1. The van der Waals surface area contributed by atoms with Crippen molar-refractivity contribution in [2.45, 2.75) is 12.0 Å². The van der Waals surface area contributed by atoms with Gasteiger partial charge in [-0.15, -0.1) is 0 Å². The second kappa shape index (κ2) is 3.62. The van der Waals surface area contributed by atoms with Gasteiger partial charge in [-0.25, -0.2) is 4.39 Å². The Kier molecular flexibility index (Phi) is 2.44. The van der Waals surface area contributed by atoms with Crippen molar-refractivity contribution >= 4 is 5.91 Å². The zero-order valence-corrected chi connectivity index (χ0v) is 8.35. The Balaban J connectivity index is 2.35. The molecule has 0 bridgehead atoms. The lowest BCUT2D eigenvalue weighted by Crippen LogP contribution is -2.21. The first-order valence-corrected chi connectivity index (χ1v) is 4.78. The number of hydrogen-bond acceptors (Lipinski definition) is 2. The minimum absolute atomic E-state index is 0.159. The number of carbonyl (C=O) groups is 1. The molecule has 1 fully saturated rings. The predicted octanol–water partition coefficient (Wildman–Crippen LogP) is 0.742. The molecule has 1 aliphatic heterocycles. The Labute approximate surface area is 87.1 Å². The average Bonchev–Trinajstić information content (AvgIpc) is 2.41. The van der Waals surface area contributed by atoms with Crippen LogP contribution in [0.3, 0.4) is 0 Å². The van der Waals surface area contributed by atoms with Crippen molar-refractivity contribution in [1.29, 1.82) is 0 Å². The normalized spacial score (nSPS) is 26.1. The average molecular weight is 209 g/mol. The number of nitrogens with zero attached hydrogens (tertiary/aromatic N) is 1. The first-order chi connectivity index (χ1) is 7.09. The molecule has 1 N–H and O–H groups in total. The summed E-state index contributed by atoms with van der Waals surface area (Å²) < 4.78 is 13.0. The fraction of sp³-hybridized carbons (Fsp3) is 0.364. The topological polar surface area (TPSA) is 40.5 Å². The van der Waals surface area contributed by atoms with Gasteiger partial charge in [-0.1, -0.05) is 12.1 Å². The smallest absolute Gasteiger partial charge is 0.232 e. The summed E-state index contributed by atoms with van der Waals surface area (Å²) in [6.07, 6.45) is -0.746. The minimum atomic E-state index is -0.746. The number of carbonyl (C=O) groups excluding carboxylic acids is 1. The number of aliphatic hydroxyl groups excluding tert-OH is 1. The number of rotatable bonds is 1. The molecule has 2 unspecified atom stereocenters. The Hall–Kier alpha value is -1.42. The summed E-state index contributed by atoms with van der Waals surface area (Å²) in [5.41, 5.74) is 0.539. The summed E-state index contributed by atoms with van der Waals surface area (Å²) in [5.74, 6) is -1.17. The van der Waals surface area contributed by atoms with E-state index in [0.29, 0.717) is 12.1 Å². The van der Waals surface area contributed by atoms with E-state index in [0.717, 1.165) is 0 Å². The predicted molar refractivity (Wildman–Crippen MR) is 52.8 cm³/mol. The molecule has 1 saturated heterocycles. The van der Waals surface area contributed by atoms with Crippen LogP contribution in [0.4, 0.5) is 4.39 Å². The summed E-state index contributed by atoms with van der Waals surface area (Å²) in [7, 11) is 1.63. The Morgan fingerprint density at radius 3 is 2.80 bits per heavy atom. The molecule has 2 atom stereocenters. The molecule has 1 aromatic carbocycles. The summed E-state index contributed by atoms with van der Waals surface area (Å²) >= 11 is 0. The van der Waals surface area contributed by atoms with Gasteiger partial charge in [0.25, 0.3) is 0 Å². The molecular formula is C11H12FNO2. The quantitative estimate of drug-likeness (QED) is 0.741. The largest absolute Gasteiger partial charge is 0.390 e. The number of aliphatic hydroxyl groups is 1. The Morgan fingerprint density at radius 2 is 2.27 bits per heavy atom. The first kappa shape index (κ1) is 10.1. The molecule has 4 heteroatoms. The van der Waals surface area contributed by atoms with Gasteiger partial charge >= 0.3 is 0 Å². The van der Waals surface area contributed by atoms with Gasteiger partial charge in [0.1, 0.15) is 5.82 Å². The van der Waals surface area contributed by atoms with E-state index in [4.69, 9.17) is 0 Å². The molecule has 15 heavy (non-hydrogen) atoms. The zero-order chi connectivity index (χ0) is 11.0.